The highest BCUT2D eigenvalue weighted by Gasteiger charge is 2.25. The summed E-state index contributed by atoms with van der Waals surface area (Å²) in [7, 11) is 1.85. The average molecular weight is 383 g/mol. The summed E-state index contributed by atoms with van der Waals surface area (Å²) in [6, 6.07) is 14.6. The van der Waals surface area contributed by atoms with Crippen LogP contribution >= 0.6 is 0 Å². The number of amides is 1. The smallest absolute Gasteiger partial charge is 0.222 e. The summed E-state index contributed by atoms with van der Waals surface area (Å²) in [5.41, 5.74) is 1.89. The van der Waals surface area contributed by atoms with E-state index in [-0.39, 0.29) is 11.9 Å². The van der Waals surface area contributed by atoms with Crippen LogP contribution < -0.4 is 0 Å². The van der Waals surface area contributed by atoms with Crippen molar-refractivity contribution in [3.05, 3.63) is 67.3 Å². The van der Waals surface area contributed by atoms with Crippen LogP contribution in [0.4, 0.5) is 0 Å². The number of piperidine rings is 1. The van der Waals surface area contributed by atoms with Gasteiger partial charge in [0.1, 0.15) is 5.82 Å². The Balaban J connectivity index is 1.48. The number of benzene rings is 2. The molecule has 1 amide bonds. The lowest BCUT2D eigenvalue weighted by Gasteiger charge is -2.31. The molecule has 0 aliphatic carbocycles. The van der Waals surface area contributed by atoms with Gasteiger partial charge in [0.05, 0.1) is 11.6 Å². The van der Waals surface area contributed by atoms with Gasteiger partial charge < -0.3 is 9.47 Å². The number of hydrogen-bond acceptors (Lipinski definition) is 4. The standard InChI is InChI=1S/C23H21N5O/c1-27-15-18(9-10-21(27)29)28-12-11-24-23(28)17-13-25-22(26-14-17)20-8-4-6-16-5-2-3-7-19(16)20/h2-8,11-14,18H,9-10,15H2,1H3. The number of imidazole rings is 1. The van der Waals surface area contributed by atoms with Gasteiger partial charge in [0.2, 0.25) is 5.91 Å². The van der Waals surface area contributed by atoms with Crippen LogP contribution in [0.1, 0.15) is 18.9 Å². The molecule has 29 heavy (non-hydrogen) atoms. The first kappa shape index (κ1) is 17.6. The number of rotatable bonds is 3. The zero-order valence-electron chi connectivity index (χ0n) is 16.2. The van der Waals surface area contributed by atoms with Crippen molar-refractivity contribution in [3.63, 3.8) is 0 Å². The Bertz CT molecular complexity index is 1180. The molecule has 0 saturated carbocycles. The average Bonchev–Trinajstić information content (AvgIpc) is 3.25. The largest absolute Gasteiger partial charge is 0.344 e. The predicted octanol–water partition coefficient (Wildman–Crippen LogP) is 3.95. The second-order valence-electron chi connectivity index (χ2n) is 7.45. The topological polar surface area (TPSA) is 63.9 Å². The van der Waals surface area contributed by atoms with Gasteiger partial charge >= 0.3 is 0 Å². The summed E-state index contributed by atoms with van der Waals surface area (Å²) in [6.07, 6.45) is 8.82. The number of hydrogen-bond donors (Lipinski definition) is 0. The number of fused-ring (bicyclic) bond motifs is 1. The molecule has 6 nitrogen and oxygen atoms in total. The Morgan fingerprint density at radius 2 is 1.79 bits per heavy atom. The molecule has 3 heterocycles. The minimum Gasteiger partial charge on any atom is -0.344 e. The fourth-order valence-corrected chi connectivity index (χ4v) is 4.05. The fraction of sp³-hybridized carbons (Fsp3) is 0.217. The van der Waals surface area contributed by atoms with Gasteiger partial charge in [-0.3, -0.25) is 4.79 Å². The summed E-state index contributed by atoms with van der Waals surface area (Å²) in [6.45, 7) is 0.692. The third-order valence-electron chi connectivity index (χ3n) is 5.60. The molecule has 5 rings (SSSR count). The second kappa shape index (κ2) is 7.13. The van der Waals surface area contributed by atoms with E-state index in [4.69, 9.17) is 0 Å². The molecule has 2 aromatic heterocycles. The summed E-state index contributed by atoms with van der Waals surface area (Å²) in [5, 5.41) is 2.31. The molecule has 1 fully saturated rings. The van der Waals surface area contributed by atoms with Crippen LogP contribution in [0.3, 0.4) is 0 Å². The molecule has 4 aromatic rings. The van der Waals surface area contributed by atoms with E-state index in [2.05, 4.69) is 37.7 Å². The van der Waals surface area contributed by atoms with Gasteiger partial charge in [0.25, 0.3) is 0 Å². The third-order valence-corrected chi connectivity index (χ3v) is 5.60. The van der Waals surface area contributed by atoms with Gasteiger partial charge in [-0.05, 0) is 17.2 Å². The van der Waals surface area contributed by atoms with Crippen LogP contribution in [0.2, 0.25) is 0 Å². The molecule has 1 unspecified atom stereocenters. The number of aromatic nitrogens is 4. The lowest BCUT2D eigenvalue weighted by molar-refractivity contribution is -0.132. The summed E-state index contributed by atoms with van der Waals surface area (Å²) in [5.74, 6) is 1.74. The number of likely N-dealkylation sites (tertiary alicyclic amines) is 1. The quantitative estimate of drug-likeness (QED) is 0.537. The molecule has 0 spiro atoms. The highest BCUT2D eigenvalue weighted by atomic mass is 16.2. The van der Waals surface area contributed by atoms with Crippen molar-refractivity contribution in [1.82, 2.24) is 24.4 Å². The number of nitrogens with zero attached hydrogens (tertiary/aromatic N) is 5. The van der Waals surface area contributed by atoms with E-state index >= 15 is 0 Å². The second-order valence-corrected chi connectivity index (χ2v) is 7.45. The van der Waals surface area contributed by atoms with Crippen LogP contribution in [0.5, 0.6) is 0 Å². The van der Waals surface area contributed by atoms with E-state index in [0.717, 1.165) is 28.8 Å². The highest BCUT2D eigenvalue weighted by Crippen LogP contribution is 2.29. The van der Waals surface area contributed by atoms with Crippen LogP contribution in [0, 0.1) is 0 Å². The zero-order valence-corrected chi connectivity index (χ0v) is 16.2. The van der Waals surface area contributed by atoms with Crippen LogP contribution in [0.25, 0.3) is 33.5 Å². The van der Waals surface area contributed by atoms with E-state index in [1.165, 1.54) is 5.39 Å². The molecule has 0 N–H and O–H groups in total. The molecule has 2 aromatic carbocycles. The van der Waals surface area contributed by atoms with Crippen molar-refractivity contribution in [1.29, 1.82) is 0 Å². The molecule has 6 heteroatoms. The highest BCUT2D eigenvalue weighted by molar-refractivity contribution is 5.95. The number of carbonyl (C=O) groups excluding carboxylic acids is 1. The van der Waals surface area contributed by atoms with Crippen molar-refractivity contribution in [2.75, 3.05) is 13.6 Å². The number of carbonyl (C=O) groups is 1. The van der Waals surface area contributed by atoms with E-state index < -0.39 is 0 Å². The maximum absolute atomic E-state index is 11.8. The Hall–Kier alpha value is -3.54. The van der Waals surface area contributed by atoms with E-state index in [0.29, 0.717) is 18.8 Å². The molecule has 1 atom stereocenters. The van der Waals surface area contributed by atoms with Crippen LogP contribution in [-0.2, 0) is 4.79 Å². The summed E-state index contributed by atoms with van der Waals surface area (Å²) >= 11 is 0. The minimum atomic E-state index is 0.200. The third kappa shape index (κ3) is 3.16. The summed E-state index contributed by atoms with van der Waals surface area (Å²) in [4.78, 5) is 27.4. The molecule has 144 valence electrons. The molecule has 0 bridgehead atoms. The maximum Gasteiger partial charge on any atom is 0.222 e. The molecule has 1 aliphatic heterocycles. The monoisotopic (exact) mass is 383 g/mol. The first-order chi connectivity index (χ1) is 14.2. The SMILES string of the molecule is CN1CC(n2ccnc2-c2cnc(-c3cccc4ccccc34)nc2)CCC1=O. The maximum atomic E-state index is 11.8. The predicted molar refractivity (Wildman–Crippen MR) is 112 cm³/mol. The molecule has 1 aliphatic rings. The Morgan fingerprint density at radius 1 is 1.00 bits per heavy atom. The van der Waals surface area contributed by atoms with Gasteiger partial charge in [-0.1, -0.05) is 42.5 Å². The molecule has 1 saturated heterocycles. The molecular formula is C23H21N5O. The summed E-state index contributed by atoms with van der Waals surface area (Å²) < 4.78 is 2.14. The van der Waals surface area contributed by atoms with Gasteiger partial charge in [-0.25, -0.2) is 15.0 Å². The van der Waals surface area contributed by atoms with Gasteiger partial charge in [0.15, 0.2) is 5.82 Å². The lowest BCUT2D eigenvalue weighted by Crippen LogP contribution is -2.37. The van der Waals surface area contributed by atoms with Crippen LogP contribution in [0.15, 0.2) is 67.3 Å². The minimum absolute atomic E-state index is 0.200. The Labute approximate surface area is 168 Å². The lowest BCUT2D eigenvalue weighted by atomic mass is 10.0. The van der Waals surface area contributed by atoms with Crippen molar-refractivity contribution in [2.45, 2.75) is 18.9 Å². The van der Waals surface area contributed by atoms with E-state index in [9.17, 15) is 4.79 Å². The van der Waals surface area contributed by atoms with Crippen molar-refractivity contribution in [2.24, 2.45) is 0 Å². The zero-order chi connectivity index (χ0) is 19.8. The van der Waals surface area contributed by atoms with Gasteiger partial charge in [-0.15, -0.1) is 0 Å². The van der Waals surface area contributed by atoms with E-state index in [1.807, 2.05) is 49.9 Å². The Morgan fingerprint density at radius 3 is 2.62 bits per heavy atom. The number of likely N-dealkylation sites (N-methyl/N-ethyl adjacent to an activating group) is 1. The first-order valence-electron chi connectivity index (χ1n) is 9.78. The van der Waals surface area contributed by atoms with Crippen LogP contribution in [-0.4, -0.2) is 43.9 Å². The van der Waals surface area contributed by atoms with Crippen molar-refractivity contribution < 1.29 is 4.79 Å². The van der Waals surface area contributed by atoms with Crippen molar-refractivity contribution in [3.8, 4) is 22.8 Å². The van der Waals surface area contributed by atoms with Crippen molar-refractivity contribution >= 4 is 16.7 Å². The molecule has 0 radical (unpaired) electrons. The first-order valence-corrected chi connectivity index (χ1v) is 9.78. The normalized spacial score (nSPS) is 17.1. The Kier molecular flexibility index (Phi) is 4.31. The van der Waals surface area contributed by atoms with Gasteiger partial charge in [-0.2, -0.15) is 0 Å². The van der Waals surface area contributed by atoms with Gasteiger partial charge in [0, 0.05) is 50.4 Å². The van der Waals surface area contributed by atoms with E-state index in [1.54, 1.807) is 11.1 Å². The fourth-order valence-electron chi connectivity index (χ4n) is 4.05. The molecular weight excluding hydrogens is 362 g/mol.